The van der Waals surface area contributed by atoms with Gasteiger partial charge in [0.2, 0.25) is 0 Å². The van der Waals surface area contributed by atoms with E-state index in [-0.39, 0.29) is 35.4 Å². The highest BCUT2D eigenvalue weighted by atomic mass is 16.5. The van der Waals surface area contributed by atoms with Crippen LogP contribution in [0.3, 0.4) is 0 Å². The summed E-state index contributed by atoms with van der Waals surface area (Å²) >= 11 is 0. The number of phenolic OH excluding ortho intramolecular Hbond substituents is 1. The van der Waals surface area contributed by atoms with Gasteiger partial charge in [-0.1, -0.05) is 30.3 Å². The third-order valence-electron chi connectivity index (χ3n) is 5.33. The Balaban J connectivity index is 1.51. The van der Waals surface area contributed by atoms with Crippen molar-refractivity contribution in [3.63, 3.8) is 0 Å². The number of para-hydroxylation sites is 4. The Morgan fingerprint density at radius 1 is 0.862 bits per heavy atom. The van der Waals surface area contributed by atoms with Gasteiger partial charge < -0.3 is 14.7 Å². The van der Waals surface area contributed by atoms with E-state index in [1.54, 1.807) is 12.1 Å². The van der Waals surface area contributed by atoms with Gasteiger partial charge in [0.15, 0.2) is 11.5 Å². The first-order chi connectivity index (χ1) is 14.1. The van der Waals surface area contributed by atoms with Crippen LogP contribution in [0.2, 0.25) is 0 Å². The zero-order chi connectivity index (χ0) is 20.1. The van der Waals surface area contributed by atoms with Gasteiger partial charge >= 0.3 is 0 Å². The molecule has 1 atom stereocenters. The topological polar surface area (TPSA) is 70.1 Å². The van der Waals surface area contributed by atoms with Crippen LogP contribution in [0, 0.1) is 0 Å². The number of fused-ring (bicyclic) bond motifs is 3. The molecule has 2 amide bonds. The summed E-state index contributed by atoms with van der Waals surface area (Å²) in [6, 6.07) is 19.7. The van der Waals surface area contributed by atoms with Gasteiger partial charge in [0.05, 0.1) is 22.5 Å². The minimum atomic E-state index is -0.468. The number of hydrogen-bond donors (Lipinski definition) is 1. The molecule has 2 aliphatic heterocycles. The Morgan fingerprint density at radius 2 is 1.48 bits per heavy atom. The summed E-state index contributed by atoms with van der Waals surface area (Å²) in [6.07, 6.45) is 0. The minimum Gasteiger partial charge on any atom is -0.507 e. The monoisotopic (exact) mass is 386 g/mol. The summed E-state index contributed by atoms with van der Waals surface area (Å²) in [5, 5.41) is 10.1. The van der Waals surface area contributed by atoms with Gasteiger partial charge in [0.25, 0.3) is 11.8 Å². The van der Waals surface area contributed by atoms with Crippen molar-refractivity contribution in [2.45, 2.75) is 13.0 Å². The summed E-state index contributed by atoms with van der Waals surface area (Å²) < 4.78 is 6.01. The van der Waals surface area contributed by atoms with Crippen LogP contribution in [0.1, 0.15) is 27.6 Å². The second-order valence-electron chi connectivity index (χ2n) is 7.18. The number of rotatable bonds is 3. The van der Waals surface area contributed by atoms with Gasteiger partial charge in [0.1, 0.15) is 5.75 Å². The molecule has 29 heavy (non-hydrogen) atoms. The molecule has 0 spiro atoms. The fourth-order valence-electron chi connectivity index (χ4n) is 4.04. The summed E-state index contributed by atoms with van der Waals surface area (Å²) in [7, 11) is 0. The van der Waals surface area contributed by atoms with Crippen molar-refractivity contribution in [1.29, 1.82) is 0 Å². The molecule has 0 saturated heterocycles. The molecule has 0 aromatic heterocycles. The zero-order valence-corrected chi connectivity index (χ0v) is 15.7. The van der Waals surface area contributed by atoms with Crippen molar-refractivity contribution in [3.05, 3.63) is 77.9 Å². The SMILES string of the molecule is CC(CN1C(=O)c2cccc(O)c2C1=O)N1c2ccccc2Oc2ccccc21. The fraction of sp³-hybridized carbons (Fsp3) is 0.130. The largest absolute Gasteiger partial charge is 0.507 e. The number of carbonyl (C=O) groups is 2. The molecule has 1 N–H and O–H groups in total. The third-order valence-corrected chi connectivity index (χ3v) is 5.33. The Bertz CT molecular complexity index is 1110. The maximum absolute atomic E-state index is 12.8. The number of benzene rings is 3. The van der Waals surface area contributed by atoms with Crippen LogP contribution in [-0.4, -0.2) is 34.4 Å². The van der Waals surface area contributed by atoms with Crippen LogP contribution in [-0.2, 0) is 0 Å². The molecule has 0 aliphatic carbocycles. The van der Waals surface area contributed by atoms with E-state index in [0.717, 1.165) is 22.9 Å². The molecule has 5 rings (SSSR count). The van der Waals surface area contributed by atoms with Crippen LogP contribution in [0.5, 0.6) is 17.2 Å². The highest BCUT2D eigenvalue weighted by Crippen LogP contribution is 2.47. The molecule has 3 aromatic rings. The van der Waals surface area contributed by atoms with E-state index in [9.17, 15) is 14.7 Å². The van der Waals surface area contributed by atoms with E-state index in [1.165, 1.54) is 11.0 Å². The number of ether oxygens (including phenoxy) is 1. The number of carbonyl (C=O) groups excluding carboxylic acids is 2. The van der Waals surface area contributed by atoms with E-state index in [0.29, 0.717) is 0 Å². The second-order valence-corrected chi connectivity index (χ2v) is 7.18. The molecular formula is C23H18N2O4. The molecule has 0 bridgehead atoms. The molecular weight excluding hydrogens is 368 g/mol. The van der Waals surface area contributed by atoms with Gasteiger partial charge in [-0.2, -0.15) is 0 Å². The molecule has 6 heteroatoms. The molecule has 0 saturated carbocycles. The Kier molecular flexibility index (Phi) is 3.81. The van der Waals surface area contributed by atoms with Crippen molar-refractivity contribution < 1.29 is 19.4 Å². The fourth-order valence-corrected chi connectivity index (χ4v) is 4.04. The van der Waals surface area contributed by atoms with Gasteiger partial charge in [-0.3, -0.25) is 14.5 Å². The molecule has 0 fully saturated rings. The van der Waals surface area contributed by atoms with Crippen molar-refractivity contribution >= 4 is 23.2 Å². The standard InChI is InChI=1S/C23H18N2O4/c1-14(13-24-22(27)15-7-6-10-18(26)21(15)23(24)28)25-16-8-2-4-11-19(16)29-20-12-5-3-9-17(20)25/h2-12,14,26H,13H2,1H3. The van der Waals surface area contributed by atoms with E-state index in [1.807, 2.05) is 55.5 Å². The summed E-state index contributed by atoms with van der Waals surface area (Å²) in [5.74, 6) is 0.418. The molecule has 0 radical (unpaired) electrons. The number of hydrogen-bond acceptors (Lipinski definition) is 5. The maximum Gasteiger partial charge on any atom is 0.265 e. The summed E-state index contributed by atoms with van der Waals surface area (Å²) in [5.41, 5.74) is 2.06. The average Bonchev–Trinajstić information content (AvgIpc) is 2.97. The quantitative estimate of drug-likeness (QED) is 0.679. The smallest absolute Gasteiger partial charge is 0.265 e. The lowest BCUT2D eigenvalue weighted by Crippen LogP contribution is -2.43. The number of aromatic hydroxyl groups is 1. The Hall–Kier alpha value is -3.80. The lowest BCUT2D eigenvalue weighted by Gasteiger charge is -2.38. The van der Waals surface area contributed by atoms with Crippen molar-refractivity contribution in [3.8, 4) is 17.2 Å². The second kappa shape index (κ2) is 6.38. The van der Waals surface area contributed by atoms with E-state index < -0.39 is 5.91 Å². The van der Waals surface area contributed by atoms with Crippen LogP contribution in [0.4, 0.5) is 11.4 Å². The molecule has 3 aromatic carbocycles. The number of anilines is 2. The molecule has 6 nitrogen and oxygen atoms in total. The first kappa shape index (κ1) is 17.3. The summed E-state index contributed by atoms with van der Waals surface area (Å²) in [4.78, 5) is 28.9. The van der Waals surface area contributed by atoms with Crippen LogP contribution in [0.25, 0.3) is 0 Å². The molecule has 144 valence electrons. The van der Waals surface area contributed by atoms with Crippen molar-refractivity contribution in [2.75, 3.05) is 11.4 Å². The molecule has 2 heterocycles. The Morgan fingerprint density at radius 3 is 2.10 bits per heavy atom. The summed E-state index contributed by atoms with van der Waals surface area (Å²) in [6.45, 7) is 2.14. The Labute approximate surface area is 167 Å². The maximum atomic E-state index is 12.8. The van der Waals surface area contributed by atoms with Crippen LogP contribution < -0.4 is 9.64 Å². The number of nitrogens with zero attached hydrogens (tertiary/aromatic N) is 2. The highest BCUT2D eigenvalue weighted by Gasteiger charge is 2.39. The normalized spacial score (nSPS) is 15.5. The first-order valence-electron chi connectivity index (χ1n) is 9.39. The van der Waals surface area contributed by atoms with Crippen molar-refractivity contribution in [2.24, 2.45) is 0 Å². The van der Waals surface area contributed by atoms with E-state index >= 15 is 0 Å². The predicted octanol–water partition coefficient (Wildman–Crippen LogP) is 4.32. The van der Waals surface area contributed by atoms with Crippen LogP contribution >= 0.6 is 0 Å². The lowest BCUT2D eigenvalue weighted by molar-refractivity contribution is 0.0646. The minimum absolute atomic E-state index is 0.0764. The van der Waals surface area contributed by atoms with Gasteiger partial charge in [-0.05, 0) is 43.3 Å². The van der Waals surface area contributed by atoms with Gasteiger partial charge in [-0.15, -0.1) is 0 Å². The number of amides is 2. The lowest BCUT2D eigenvalue weighted by atomic mass is 10.1. The zero-order valence-electron chi connectivity index (χ0n) is 15.7. The van der Waals surface area contributed by atoms with E-state index in [2.05, 4.69) is 4.90 Å². The molecule has 1 unspecified atom stereocenters. The first-order valence-corrected chi connectivity index (χ1v) is 9.39. The number of phenols is 1. The van der Waals surface area contributed by atoms with Gasteiger partial charge in [0, 0.05) is 12.6 Å². The predicted molar refractivity (Wildman–Crippen MR) is 108 cm³/mol. The van der Waals surface area contributed by atoms with E-state index in [4.69, 9.17) is 4.74 Å². The molecule has 2 aliphatic rings. The van der Waals surface area contributed by atoms with Crippen molar-refractivity contribution in [1.82, 2.24) is 4.90 Å². The van der Waals surface area contributed by atoms with Crippen LogP contribution in [0.15, 0.2) is 66.7 Å². The van der Waals surface area contributed by atoms with Gasteiger partial charge in [-0.25, -0.2) is 0 Å². The third kappa shape index (κ3) is 2.56. The highest BCUT2D eigenvalue weighted by molar-refractivity contribution is 6.22. The number of imide groups is 1. The average molecular weight is 386 g/mol.